The highest BCUT2D eigenvalue weighted by molar-refractivity contribution is 6.04. The van der Waals surface area contributed by atoms with E-state index < -0.39 is 5.97 Å². The third-order valence-corrected chi connectivity index (χ3v) is 3.21. The number of hydrogen-bond donors (Lipinski definition) is 4. The average Bonchev–Trinajstić information content (AvgIpc) is 2.53. The number of halogens is 1. The molecule has 0 radical (unpaired) electrons. The summed E-state index contributed by atoms with van der Waals surface area (Å²) in [5.74, 6) is -1.21. The second-order valence-corrected chi connectivity index (χ2v) is 5.13. The summed E-state index contributed by atoms with van der Waals surface area (Å²) in [5.41, 5.74) is 13.1. The van der Waals surface area contributed by atoms with Crippen LogP contribution in [-0.4, -0.2) is 22.9 Å². The Balaban J connectivity index is 0.00000312. The van der Waals surface area contributed by atoms with Crippen molar-refractivity contribution in [3.05, 3.63) is 59.7 Å². The lowest BCUT2D eigenvalue weighted by Gasteiger charge is -2.07. The molecule has 6 N–H and O–H groups in total. The number of benzene rings is 2. The largest absolute Gasteiger partial charge is 0.481 e. The lowest BCUT2D eigenvalue weighted by molar-refractivity contribution is -0.136. The molecule has 0 saturated heterocycles. The summed E-state index contributed by atoms with van der Waals surface area (Å²) >= 11 is 0. The first-order valence-electron chi connectivity index (χ1n) is 7.26. The van der Waals surface area contributed by atoms with Crippen molar-refractivity contribution >= 4 is 41.6 Å². The number of nitrogens with one attached hydrogen (secondary N) is 1. The standard InChI is InChI=1S/C17H18N4O3.ClH/c18-17(19)21-14-3-1-2-12(10-14)16(24)20-13-7-4-11(5-8-13)6-9-15(22)23;/h1-5,7-8,10H,6,9H2,(H,20,24)(H,22,23)(H4,18,19,21);1H. The first kappa shape index (κ1) is 20.0. The van der Waals surface area contributed by atoms with Crippen molar-refractivity contribution in [3.63, 3.8) is 0 Å². The number of anilines is 1. The van der Waals surface area contributed by atoms with Gasteiger partial charge in [-0.3, -0.25) is 9.59 Å². The molecule has 2 aromatic rings. The fourth-order valence-corrected chi connectivity index (χ4v) is 2.08. The molecule has 0 spiro atoms. The molecule has 0 bridgehead atoms. The van der Waals surface area contributed by atoms with Crippen LogP contribution >= 0.6 is 12.4 Å². The van der Waals surface area contributed by atoms with E-state index in [0.29, 0.717) is 23.4 Å². The van der Waals surface area contributed by atoms with Crippen molar-refractivity contribution < 1.29 is 14.7 Å². The van der Waals surface area contributed by atoms with Gasteiger partial charge in [-0.1, -0.05) is 18.2 Å². The first-order chi connectivity index (χ1) is 11.4. The maximum absolute atomic E-state index is 12.3. The van der Waals surface area contributed by atoms with Gasteiger partial charge in [0, 0.05) is 17.7 Å². The first-order valence-corrected chi connectivity index (χ1v) is 7.26. The Morgan fingerprint density at radius 2 is 1.76 bits per heavy atom. The van der Waals surface area contributed by atoms with Crippen LogP contribution in [0.4, 0.5) is 11.4 Å². The Morgan fingerprint density at radius 3 is 2.36 bits per heavy atom. The normalized spacial score (nSPS) is 9.60. The van der Waals surface area contributed by atoms with Gasteiger partial charge in [0.05, 0.1) is 5.69 Å². The number of carbonyl (C=O) groups is 2. The van der Waals surface area contributed by atoms with E-state index >= 15 is 0 Å². The van der Waals surface area contributed by atoms with Crippen LogP contribution < -0.4 is 16.8 Å². The van der Waals surface area contributed by atoms with E-state index in [4.69, 9.17) is 16.6 Å². The molecule has 2 rings (SSSR count). The second kappa shape index (κ2) is 9.29. The Labute approximate surface area is 151 Å². The molecular formula is C17H19ClN4O3. The van der Waals surface area contributed by atoms with Crippen LogP contribution in [0.2, 0.25) is 0 Å². The summed E-state index contributed by atoms with van der Waals surface area (Å²) in [5, 5.41) is 11.4. The third-order valence-electron chi connectivity index (χ3n) is 3.21. The lowest BCUT2D eigenvalue weighted by Crippen LogP contribution is -2.21. The minimum Gasteiger partial charge on any atom is -0.481 e. The van der Waals surface area contributed by atoms with Gasteiger partial charge in [-0.15, -0.1) is 12.4 Å². The van der Waals surface area contributed by atoms with E-state index in [1.165, 1.54) is 0 Å². The molecule has 0 aliphatic heterocycles. The molecule has 0 saturated carbocycles. The number of guanidine groups is 1. The summed E-state index contributed by atoms with van der Waals surface area (Å²) in [6.45, 7) is 0. The zero-order valence-electron chi connectivity index (χ0n) is 13.3. The van der Waals surface area contributed by atoms with Crippen molar-refractivity contribution in [1.82, 2.24) is 0 Å². The fourth-order valence-electron chi connectivity index (χ4n) is 2.08. The van der Waals surface area contributed by atoms with Gasteiger partial charge in [-0.25, -0.2) is 4.99 Å². The van der Waals surface area contributed by atoms with Crippen LogP contribution in [0, 0.1) is 0 Å². The minimum atomic E-state index is -0.840. The maximum atomic E-state index is 12.3. The van der Waals surface area contributed by atoms with Crippen molar-refractivity contribution in [2.45, 2.75) is 12.8 Å². The van der Waals surface area contributed by atoms with Crippen LogP contribution in [0.25, 0.3) is 0 Å². The van der Waals surface area contributed by atoms with Crippen LogP contribution in [0.1, 0.15) is 22.3 Å². The van der Waals surface area contributed by atoms with E-state index in [2.05, 4.69) is 10.3 Å². The zero-order valence-corrected chi connectivity index (χ0v) is 14.1. The van der Waals surface area contributed by atoms with E-state index in [-0.39, 0.29) is 30.7 Å². The summed E-state index contributed by atoms with van der Waals surface area (Å²) in [7, 11) is 0. The minimum absolute atomic E-state index is 0. The van der Waals surface area contributed by atoms with Gasteiger partial charge in [0.1, 0.15) is 0 Å². The highest BCUT2D eigenvalue weighted by atomic mass is 35.5. The molecular weight excluding hydrogens is 344 g/mol. The van der Waals surface area contributed by atoms with Gasteiger partial charge in [0.25, 0.3) is 5.91 Å². The van der Waals surface area contributed by atoms with Crippen LogP contribution in [0.5, 0.6) is 0 Å². The van der Waals surface area contributed by atoms with E-state index in [9.17, 15) is 9.59 Å². The molecule has 2 aromatic carbocycles. The molecule has 0 aliphatic carbocycles. The van der Waals surface area contributed by atoms with Crippen molar-refractivity contribution in [2.24, 2.45) is 16.5 Å². The number of rotatable bonds is 6. The number of aliphatic imine (C=N–C) groups is 1. The number of nitrogens with two attached hydrogens (primary N) is 2. The number of aliphatic carboxylic acids is 1. The highest BCUT2D eigenvalue weighted by Crippen LogP contribution is 2.16. The summed E-state index contributed by atoms with van der Waals surface area (Å²) in [6, 6.07) is 13.6. The second-order valence-electron chi connectivity index (χ2n) is 5.13. The molecule has 0 heterocycles. The van der Waals surface area contributed by atoms with Crippen molar-refractivity contribution in [1.29, 1.82) is 0 Å². The fraction of sp³-hybridized carbons (Fsp3) is 0.118. The monoisotopic (exact) mass is 362 g/mol. The predicted octanol–water partition coefficient (Wildman–Crippen LogP) is 2.28. The smallest absolute Gasteiger partial charge is 0.303 e. The van der Waals surface area contributed by atoms with Gasteiger partial charge in [-0.05, 0) is 42.3 Å². The van der Waals surface area contributed by atoms with Gasteiger partial charge in [0.2, 0.25) is 0 Å². The number of carboxylic acid groups (broad SMARTS) is 1. The van der Waals surface area contributed by atoms with Crippen LogP contribution in [-0.2, 0) is 11.2 Å². The Morgan fingerprint density at radius 1 is 1.08 bits per heavy atom. The van der Waals surface area contributed by atoms with Gasteiger partial charge in [0.15, 0.2) is 5.96 Å². The Bertz CT molecular complexity index is 772. The summed E-state index contributed by atoms with van der Waals surface area (Å²) < 4.78 is 0. The molecule has 25 heavy (non-hydrogen) atoms. The molecule has 132 valence electrons. The maximum Gasteiger partial charge on any atom is 0.303 e. The molecule has 0 atom stereocenters. The molecule has 0 unspecified atom stereocenters. The Kier molecular flexibility index (Phi) is 7.43. The SMILES string of the molecule is Cl.NC(N)=Nc1cccc(C(=O)Nc2ccc(CCC(=O)O)cc2)c1. The van der Waals surface area contributed by atoms with Gasteiger partial charge < -0.3 is 21.9 Å². The number of amides is 1. The lowest BCUT2D eigenvalue weighted by atomic mass is 10.1. The zero-order chi connectivity index (χ0) is 17.5. The van der Waals surface area contributed by atoms with E-state index in [0.717, 1.165) is 5.56 Å². The number of aryl methyl sites for hydroxylation is 1. The highest BCUT2D eigenvalue weighted by Gasteiger charge is 2.07. The third kappa shape index (κ3) is 6.52. The van der Waals surface area contributed by atoms with Crippen LogP contribution in [0.3, 0.4) is 0 Å². The summed E-state index contributed by atoms with van der Waals surface area (Å²) in [6.07, 6.45) is 0.521. The average molecular weight is 363 g/mol. The molecule has 1 amide bonds. The molecule has 8 heteroatoms. The number of carboxylic acids is 1. The predicted molar refractivity (Wildman–Crippen MR) is 99.5 cm³/mol. The topological polar surface area (TPSA) is 131 Å². The van der Waals surface area contributed by atoms with Gasteiger partial charge in [-0.2, -0.15) is 0 Å². The molecule has 0 fully saturated rings. The van der Waals surface area contributed by atoms with Gasteiger partial charge >= 0.3 is 5.97 Å². The molecule has 7 nitrogen and oxygen atoms in total. The Hall–Kier alpha value is -3.06. The molecule has 0 aliphatic rings. The quantitative estimate of drug-likeness (QED) is 0.462. The van der Waals surface area contributed by atoms with Crippen LogP contribution in [0.15, 0.2) is 53.5 Å². The van der Waals surface area contributed by atoms with Crippen molar-refractivity contribution in [3.8, 4) is 0 Å². The molecule has 0 aromatic heterocycles. The number of carbonyl (C=O) groups excluding carboxylic acids is 1. The number of nitrogens with zero attached hydrogens (tertiary/aromatic N) is 1. The summed E-state index contributed by atoms with van der Waals surface area (Å²) in [4.78, 5) is 26.7. The van der Waals surface area contributed by atoms with E-state index in [1.807, 2.05) is 0 Å². The number of hydrogen-bond acceptors (Lipinski definition) is 3. The van der Waals surface area contributed by atoms with E-state index in [1.54, 1.807) is 48.5 Å². The van der Waals surface area contributed by atoms with Crippen molar-refractivity contribution in [2.75, 3.05) is 5.32 Å².